The minimum absolute atomic E-state index is 0.184. The summed E-state index contributed by atoms with van der Waals surface area (Å²) in [5.41, 5.74) is 1.84. The van der Waals surface area contributed by atoms with Crippen LogP contribution in [0.4, 0.5) is 24.5 Å². The van der Waals surface area contributed by atoms with Gasteiger partial charge in [0.05, 0.1) is 17.2 Å². The lowest BCUT2D eigenvalue weighted by Crippen LogP contribution is -2.08. The molecule has 0 radical (unpaired) electrons. The van der Waals surface area contributed by atoms with E-state index in [9.17, 15) is 13.2 Å². The third-order valence-corrected chi connectivity index (χ3v) is 3.18. The summed E-state index contributed by atoms with van der Waals surface area (Å²) in [6, 6.07) is 11.2. The Bertz CT molecular complexity index is 712. The summed E-state index contributed by atoms with van der Waals surface area (Å²) in [7, 11) is 0. The molecule has 1 N–H and O–H groups in total. The number of nitriles is 1. The van der Waals surface area contributed by atoms with Crippen LogP contribution in [0.25, 0.3) is 0 Å². The van der Waals surface area contributed by atoms with Crippen molar-refractivity contribution in [2.45, 2.75) is 20.0 Å². The zero-order valence-electron chi connectivity index (χ0n) is 11.5. The number of hydrogen-bond donors (Lipinski definition) is 1. The van der Waals surface area contributed by atoms with E-state index < -0.39 is 11.7 Å². The Hall–Kier alpha value is -2.48. The Morgan fingerprint density at radius 2 is 1.57 bits per heavy atom. The van der Waals surface area contributed by atoms with Crippen LogP contribution in [0.15, 0.2) is 36.4 Å². The molecule has 2 nitrogen and oxygen atoms in total. The van der Waals surface area contributed by atoms with Crippen molar-refractivity contribution in [1.29, 1.82) is 5.26 Å². The summed E-state index contributed by atoms with van der Waals surface area (Å²) in [5.74, 6) is 0. The van der Waals surface area contributed by atoms with Gasteiger partial charge in [-0.1, -0.05) is 6.07 Å². The molecule has 0 atom stereocenters. The Morgan fingerprint density at radius 1 is 0.952 bits per heavy atom. The van der Waals surface area contributed by atoms with Crippen LogP contribution in [-0.2, 0) is 6.18 Å². The van der Waals surface area contributed by atoms with Crippen LogP contribution in [0.1, 0.15) is 22.3 Å². The van der Waals surface area contributed by atoms with Gasteiger partial charge in [-0.25, -0.2) is 0 Å². The van der Waals surface area contributed by atoms with Crippen LogP contribution < -0.4 is 5.32 Å². The minimum atomic E-state index is -4.37. The zero-order valence-corrected chi connectivity index (χ0v) is 11.5. The smallest absolute Gasteiger partial charge is 0.356 e. The van der Waals surface area contributed by atoms with Crippen LogP contribution in [0.3, 0.4) is 0 Å². The van der Waals surface area contributed by atoms with Crippen molar-refractivity contribution in [3.05, 3.63) is 58.7 Å². The van der Waals surface area contributed by atoms with Crippen LogP contribution >= 0.6 is 0 Å². The van der Waals surface area contributed by atoms with E-state index in [2.05, 4.69) is 5.32 Å². The van der Waals surface area contributed by atoms with Gasteiger partial charge in [0.25, 0.3) is 0 Å². The quantitative estimate of drug-likeness (QED) is 0.850. The van der Waals surface area contributed by atoms with Gasteiger partial charge in [-0.3, -0.25) is 0 Å². The van der Waals surface area contributed by atoms with Crippen LogP contribution in [0, 0.1) is 25.2 Å². The van der Waals surface area contributed by atoms with Crippen molar-refractivity contribution in [2.75, 3.05) is 5.32 Å². The molecule has 0 aliphatic carbocycles. The number of nitrogens with one attached hydrogen (secondary N) is 1. The second kappa shape index (κ2) is 5.49. The van der Waals surface area contributed by atoms with E-state index >= 15 is 0 Å². The number of hydrogen-bond acceptors (Lipinski definition) is 2. The van der Waals surface area contributed by atoms with E-state index in [1.165, 1.54) is 13.0 Å². The number of benzene rings is 2. The monoisotopic (exact) mass is 290 g/mol. The summed E-state index contributed by atoms with van der Waals surface area (Å²) in [4.78, 5) is 0. The fourth-order valence-electron chi connectivity index (χ4n) is 2.04. The molecule has 108 valence electrons. The van der Waals surface area contributed by atoms with E-state index in [0.717, 1.165) is 11.6 Å². The highest BCUT2D eigenvalue weighted by atomic mass is 19.4. The van der Waals surface area contributed by atoms with E-state index in [0.29, 0.717) is 16.9 Å². The van der Waals surface area contributed by atoms with E-state index in [1.807, 2.05) is 6.07 Å². The highest BCUT2D eigenvalue weighted by Gasteiger charge is 2.32. The van der Waals surface area contributed by atoms with Gasteiger partial charge < -0.3 is 5.32 Å². The maximum atomic E-state index is 12.9. The lowest BCUT2D eigenvalue weighted by Gasteiger charge is -2.13. The number of alkyl halides is 3. The van der Waals surface area contributed by atoms with Gasteiger partial charge >= 0.3 is 6.18 Å². The summed E-state index contributed by atoms with van der Waals surface area (Å²) < 4.78 is 38.6. The average Bonchev–Trinajstić information content (AvgIpc) is 2.40. The molecule has 0 bridgehead atoms. The topological polar surface area (TPSA) is 35.8 Å². The Labute approximate surface area is 120 Å². The summed E-state index contributed by atoms with van der Waals surface area (Å²) in [5, 5.41) is 11.8. The average molecular weight is 290 g/mol. The number of anilines is 2. The maximum Gasteiger partial charge on any atom is 0.416 e. The molecular formula is C16H13F3N2. The summed E-state index contributed by atoms with van der Waals surface area (Å²) in [6.07, 6.45) is -4.37. The molecule has 0 saturated heterocycles. The van der Waals surface area contributed by atoms with Crippen LogP contribution in [-0.4, -0.2) is 0 Å². The number of aryl methyl sites for hydroxylation is 2. The van der Waals surface area contributed by atoms with Crippen molar-refractivity contribution in [1.82, 2.24) is 0 Å². The fraction of sp³-hybridized carbons (Fsp3) is 0.188. The predicted molar refractivity (Wildman–Crippen MR) is 75.4 cm³/mol. The van der Waals surface area contributed by atoms with E-state index in [-0.39, 0.29) is 5.56 Å². The Kier molecular flexibility index (Phi) is 3.90. The van der Waals surface area contributed by atoms with Crippen molar-refractivity contribution in [2.24, 2.45) is 0 Å². The van der Waals surface area contributed by atoms with Crippen molar-refractivity contribution < 1.29 is 13.2 Å². The minimum Gasteiger partial charge on any atom is -0.356 e. The first kappa shape index (κ1) is 14.9. The number of rotatable bonds is 2. The number of halogens is 3. The molecule has 0 amide bonds. The molecule has 2 aromatic carbocycles. The molecular weight excluding hydrogens is 277 g/mol. The lowest BCUT2D eigenvalue weighted by atomic mass is 10.1. The molecule has 0 fully saturated rings. The molecule has 2 rings (SSSR count). The molecule has 5 heteroatoms. The standard InChI is InChI=1S/C16H13F3N2/c1-10-3-5-14(8-15(10)16(17,18)19)21-13-6-4-12(9-20)11(2)7-13/h3-8,21H,1-2H3. The molecule has 21 heavy (non-hydrogen) atoms. The first-order valence-corrected chi connectivity index (χ1v) is 6.27. The highest BCUT2D eigenvalue weighted by molar-refractivity contribution is 5.63. The lowest BCUT2D eigenvalue weighted by molar-refractivity contribution is -0.138. The molecule has 0 saturated carbocycles. The third-order valence-electron chi connectivity index (χ3n) is 3.18. The second-order valence-corrected chi connectivity index (χ2v) is 4.79. The van der Waals surface area contributed by atoms with Gasteiger partial charge in [-0.15, -0.1) is 0 Å². The largest absolute Gasteiger partial charge is 0.416 e. The van der Waals surface area contributed by atoms with Gasteiger partial charge in [-0.05, 0) is 55.3 Å². The Morgan fingerprint density at radius 3 is 2.14 bits per heavy atom. The van der Waals surface area contributed by atoms with Crippen molar-refractivity contribution >= 4 is 11.4 Å². The Balaban J connectivity index is 2.33. The predicted octanol–water partition coefficient (Wildman–Crippen LogP) is 4.94. The fourth-order valence-corrected chi connectivity index (χ4v) is 2.04. The van der Waals surface area contributed by atoms with E-state index in [1.54, 1.807) is 31.2 Å². The SMILES string of the molecule is Cc1cc(Nc2ccc(C)c(C(F)(F)F)c2)ccc1C#N. The first-order valence-electron chi connectivity index (χ1n) is 6.27. The molecule has 2 aromatic rings. The third kappa shape index (κ3) is 3.34. The van der Waals surface area contributed by atoms with Gasteiger partial charge in [0.15, 0.2) is 0 Å². The van der Waals surface area contributed by atoms with Crippen molar-refractivity contribution in [3.63, 3.8) is 0 Å². The molecule has 0 spiro atoms. The van der Waals surface area contributed by atoms with Gasteiger partial charge in [0, 0.05) is 11.4 Å². The summed E-state index contributed by atoms with van der Waals surface area (Å²) >= 11 is 0. The van der Waals surface area contributed by atoms with Crippen molar-refractivity contribution in [3.8, 4) is 6.07 Å². The number of nitrogens with zero attached hydrogens (tertiary/aromatic N) is 1. The zero-order chi connectivity index (χ0) is 15.6. The van der Waals surface area contributed by atoms with Crippen LogP contribution in [0.2, 0.25) is 0 Å². The second-order valence-electron chi connectivity index (χ2n) is 4.79. The maximum absolute atomic E-state index is 12.9. The normalized spacial score (nSPS) is 11.0. The molecule has 0 aromatic heterocycles. The first-order chi connectivity index (χ1) is 9.81. The molecule has 0 aliphatic heterocycles. The molecule has 0 unspecified atom stereocenters. The summed E-state index contributed by atoms with van der Waals surface area (Å²) in [6.45, 7) is 3.21. The molecule has 0 aliphatic rings. The van der Waals surface area contributed by atoms with Gasteiger partial charge in [-0.2, -0.15) is 18.4 Å². The van der Waals surface area contributed by atoms with Gasteiger partial charge in [0.2, 0.25) is 0 Å². The highest BCUT2D eigenvalue weighted by Crippen LogP contribution is 2.34. The van der Waals surface area contributed by atoms with Gasteiger partial charge in [0.1, 0.15) is 0 Å². The van der Waals surface area contributed by atoms with E-state index in [4.69, 9.17) is 5.26 Å². The van der Waals surface area contributed by atoms with Crippen LogP contribution in [0.5, 0.6) is 0 Å². The molecule has 0 heterocycles.